The van der Waals surface area contributed by atoms with Gasteiger partial charge in [-0.15, -0.1) is 0 Å². The normalized spacial score (nSPS) is 17.5. The lowest BCUT2D eigenvalue weighted by Gasteiger charge is -2.41. The first kappa shape index (κ1) is 17.5. The second-order valence-corrected chi connectivity index (χ2v) is 8.56. The molecule has 2 N–H and O–H groups in total. The van der Waals surface area contributed by atoms with E-state index in [1.165, 1.54) is 17.1 Å². The fourth-order valence-electron chi connectivity index (χ4n) is 4.42. The van der Waals surface area contributed by atoms with Gasteiger partial charge in [0, 0.05) is 42.7 Å². The number of halogens is 2. The van der Waals surface area contributed by atoms with E-state index in [1.807, 2.05) is 22.8 Å². The molecular formula is C20H19Cl2N7. The quantitative estimate of drug-likeness (QED) is 0.513. The van der Waals surface area contributed by atoms with E-state index in [2.05, 4.69) is 20.3 Å². The summed E-state index contributed by atoms with van der Waals surface area (Å²) in [5.74, 6) is 2.45. The average Bonchev–Trinajstić information content (AvgIpc) is 3.21. The van der Waals surface area contributed by atoms with Crippen molar-refractivity contribution >= 4 is 45.7 Å². The zero-order valence-electron chi connectivity index (χ0n) is 15.6. The minimum absolute atomic E-state index is 0.315. The molecule has 1 fully saturated rings. The van der Waals surface area contributed by atoms with Gasteiger partial charge < -0.3 is 15.2 Å². The first-order valence-corrected chi connectivity index (χ1v) is 10.6. The predicted molar refractivity (Wildman–Crippen MR) is 114 cm³/mol. The Morgan fingerprint density at radius 3 is 2.83 bits per heavy atom. The summed E-state index contributed by atoms with van der Waals surface area (Å²) in [4.78, 5) is 15.4. The number of nitrogens with zero attached hydrogens (tertiary/aromatic N) is 5. The summed E-state index contributed by atoms with van der Waals surface area (Å²) in [6, 6.07) is 5.58. The molecule has 0 spiro atoms. The fraction of sp³-hybridized carbons (Fsp3) is 0.350. The van der Waals surface area contributed by atoms with Crippen molar-refractivity contribution in [3.05, 3.63) is 51.5 Å². The molecule has 29 heavy (non-hydrogen) atoms. The summed E-state index contributed by atoms with van der Waals surface area (Å²) in [7, 11) is 0. The molecule has 4 aromatic rings. The molecule has 7 nitrogen and oxygen atoms in total. The average molecular weight is 428 g/mol. The van der Waals surface area contributed by atoms with Crippen molar-refractivity contribution in [2.45, 2.75) is 18.8 Å². The van der Waals surface area contributed by atoms with Crippen molar-refractivity contribution in [3.63, 3.8) is 0 Å². The van der Waals surface area contributed by atoms with Gasteiger partial charge in [-0.25, -0.2) is 9.97 Å². The van der Waals surface area contributed by atoms with Gasteiger partial charge in [-0.3, -0.25) is 0 Å². The Morgan fingerprint density at radius 1 is 1.07 bits per heavy atom. The molecule has 0 aliphatic carbocycles. The van der Waals surface area contributed by atoms with E-state index in [0.717, 1.165) is 61.5 Å². The predicted octanol–water partition coefficient (Wildman–Crippen LogP) is 3.20. The van der Waals surface area contributed by atoms with Crippen molar-refractivity contribution < 1.29 is 0 Å². The van der Waals surface area contributed by atoms with Crippen LogP contribution < -0.4 is 10.2 Å². The Labute approximate surface area is 177 Å². The van der Waals surface area contributed by atoms with Gasteiger partial charge in [0.15, 0.2) is 5.65 Å². The summed E-state index contributed by atoms with van der Waals surface area (Å²) < 4.78 is 1.98. The Bertz CT molecular complexity index is 1240. The maximum absolute atomic E-state index is 6.31. The smallest absolute Gasteiger partial charge is 0.157 e. The van der Waals surface area contributed by atoms with Gasteiger partial charge in [0.2, 0.25) is 0 Å². The number of rotatable bonds is 2. The van der Waals surface area contributed by atoms with Crippen LogP contribution in [-0.4, -0.2) is 50.7 Å². The second kappa shape index (κ2) is 6.58. The summed E-state index contributed by atoms with van der Waals surface area (Å²) >= 11 is 12.4. The van der Waals surface area contributed by atoms with E-state index in [0.29, 0.717) is 16.0 Å². The zero-order valence-corrected chi connectivity index (χ0v) is 17.1. The maximum Gasteiger partial charge on any atom is 0.157 e. The number of anilines is 1. The highest BCUT2D eigenvalue weighted by Crippen LogP contribution is 2.36. The van der Waals surface area contributed by atoms with Crippen LogP contribution in [0.4, 0.5) is 5.82 Å². The van der Waals surface area contributed by atoms with E-state index >= 15 is 0 Å². The topological polar surface area (TPSA) is 74.1 Å². The highest BCUT2D eigenvalue weighted by atomic mass is 35.5. The van der Waals surface area contributed by atoms with Crippen LogP contribution >= 0.6 is 23.2 Å². The van der Waals surface area contributed by atoms with E-state index < -0.39 is 0 Å². The lowest BCUT2D eigenvalue weighted by Crippen LogP contribution is -2.47. The van der Waals surface area contributed by atoms with Gasteiger partial charge in [0.1, 0.15) is 17.2 Å². The van der Waals surface area contributed by atoms with Gasteiger partial charge in [0.25, 0.3) is 0 Å². The van der Waals surface area contributed by atoms with Crippen molar-refractivity contribution in [1.29, 1.82) is 0 Å². The molecule has 0 saturated carbocycles. The molecule has 5 heterocycles. The number of imidazole rings is 1. The van der Waals surface area contributed by atoms with Crippen molar-refractivity contribution in [2.75, 3.05) is 31.1 Å². The Morgan fingerprint density at radius 2 is 1.93 bits per heavy atom. The Kier molecular flexibility index (Phi) is 3.97. The van der Waals surface area contributed by atoms with Crippen LogP contribution in [0.5, 0.6) is 0 Å². The molecule has 1 saturated heterocycles. The molecule has 2 aliphatic rings. The number of aromatic nitrogens is 5. The van der Waals surface area contributed by atoms with Crippen LogP contribution in [0.1, 0.15) is 23.0 Å². The van der Waals surface area contributed by atoms with Crippen LogP contribution in [0.2, 0.25) is 10.0 Å². The lowest BCUT2D eigenvalue weighted by molar-refractivity contribution is 0.494. The maximum atomic E-state index is 6.31. The molecule has 9 heteroatoms. The second-order valence-electron chi connectivity index (χ2n) is 7.72. The molecular weight excluding hydrogens is 409 g/mol. The van der Waals surface area contributed by atoms with Crippen LogP contribution in [0.15, 0.2) is 24.4 Å². The third kappa shape index (κ3) is 2.79. The third-order valence-electron chi connectivity index (χ3n) is 5.87. The van der Waals surface area contributed by atoms with Gasteiger partial charge in [-0.2, -0.15) is 9.61 Å². The molecule has 0 bridgehead atoms. The van der Waals surface area contributed by atoms with Crippen molar-refractivity contribution in [1.82, 2.24) is 29.9 Å². The first-order valence-electron chi connectivity index (χ1n) is 9.83. The van der Waals surface area contributed by atoms with Crippen LogP contribution in [0.25, 0.3) is 16.7 Å². The van der Waals surface area contributed by atoms with Crippen molar-refractivity contribution in [3.8, 4) is 0 Å². The van der Waals surface area contributed by atoms with E-state index in [9.17, 15) is 0 Å². The van der Waals surface area contributed by atoms with Crippen LogP contribution in [-0.2, 0) is 12.8 Å². The summed E-state index contributed by atoms with van der Waals surface area (Å²) in [5, 5.41) is 9.22. The molecule has 3 aromatic heterocycles. The lowest BCUT2D eigenvalue weighted by atomic mass is 9.97. The first-order chi connectivity index (χ1) is 14.2. The Hall–Kier alpha value is -2.35. The Balaban J connectivity index is 1.35. The number of hydrogen-bond acceptors (Lipinski definition) is 5. The molecule has 0 unspecified atom stereocenters. The number of hydrogen-bond donors (Lipinski definition) is 2. The fourth-order valence-corrected chi connectivity index (χ4v) is 4.95. The molecule has 0 amide bonds. The molecule has 1 aromatic carbocycles. The van der Waals surface area contributed by atoms with Gasteiger partial charge >= 0.3 is 0 Å². The minimum atomic E-state index is 0.315. The zero-order chi connectivity index (χ0) is 19.5. The van der Waals surface area contributed by atoms with E-state index in [1.54, 1.807) is 6.07 Å². The third-order valence-corrected chi connectivity index (χ3v) is 6.38. The number of fused-ring (bicyclic) bond motifs is 3. The summed E-state index contributed by atoms with van der Waals surface area (Å²) in [6.07, 6.45) is 3.74. The minimum Gasteiger partial charge on any atom is -0.355 e. The van der Waals surface area contributed by atoms with Crippen LogP contribution in [0.3, 0.4) is 0 Å². The van der Waals surface area contributed by atoms with Crippen LogP contribution in [0, 0.1) is 0 Å². The number of benzene rings is 1. The highest BCUT2D eigenvalue weighted by Gasteiger charge is 2.34. The largest absolute Gasteiger partial charge is 0.355 e. The molecule has 2 aliphatic heterocycles. The van der Waals surface area contributed by atoms with Gasteiger partial charge in [-0.05, 0) is 25.1 Å². The highest BCUT2D eigenvalue weighted by molar-refractivity contribution is 6.38. The van der Waals surface area contributed by atoms with E-state index in [-0.39, 0.29) is 0 Å². The monoisotopic (exact) mass is 427 g/mol. The number of H-pyrrole nitrogens is 1. The molecule has 6 rings (SSSR count). The van der Waals surface area contributed by atoms with Crippen molar-refractivity contribution in [2.24, 2.45) is 0 Å². The summed E-state index contributed by atoms with van der Waals surface area (Å²) in [6.45, 7) is 3.69. The molecule has 0 atom stereocenters. The van der Waals surface area contributed by atoms with Gasteiger partial charge in [0.05, 0.1) is 28.3 Å². The SMILES string of the molecule is Clc1cc(Cl)c2nc(C3CN(c4c5c(nc6ccnn46)CCNCC5)C3)[nH]c2c1. The standard InChI is InChI=1S/C20H19Cl2N7/c21-12-7-14(22)18-16(8-12)26-19(27-18)11-9-28(10-11)20-13-1-4-23-5-2-15(13)25-17-3-6-24-29(17)20/h3,6-8,11,23H,1-2,4-5,9-10H2,(H,26,27). The summed E-state index contributed by atoms with van der Waals surface area (Å²) in [5.41, 5.74) is 5.07. The molecule has 148 valence electrons. The number of nitrogens with one attached hydrogen (secondary N) is 2. The molecule has 0 radical (unpaired) electrons. The number of aromatic amines is 1. The van der Waals surface area contributed by atoms with E-state index in [4.69, 9.17) is 33.2 Å². The van der Waals surface area contributed by atoms with Gasteiger partial charge in [-0.1, -0.05) is 23.2 Å².